The van der Waals surface area contributed by atoms with Crippen LogP contribution in [0.4, 0.5) is 0 Å². The van der Waals surface area contributed by atoms with Crippen molar-refractivity contribution in [3.05, 3.63) is 35.4 Å². The quantitative estimate of drug-likeness (QED) is 0.867. The first-order valence-corrected chi connectivity index (χ1v) is 9.41. The van der Waals surface area contributed by atoms with Crippen LogP contribution in [0, 0.1) is 5.92 Å². The molecule has 1 aromatic carbocycles. The molecule has 2 aliphatic rings. The molecule has 1 aliphatic heterocycles. The SMILES string of the molecule is CC1CCN(C2CCC(NCc3cccc(C(=O)O)c3)CC2)CC1. The smallest absolute Gasteiger partial charge is 0.335 e. The highest BCUT2D eigenvalue weighted by Gasteiger charge is 2.27. The fourth-order valence-electron chi connectivity index (χ4n) is 4.12. The van der Waals surface area contributed by atoms with Gasteiger partial charge in [0.1, 0.15) is 0 Å². The molecule has 0 aromatic heterocycles. The van der Waals surface area contributed by atoms with Crippen molar-refractivity contribution in [2.24, 2.45) is 5.92 Å². The van der Waals surface area contributed by atoms with Gasteiger partial charge in [0.2, 0.25) is 0 Å². The normalized spacial score (nSPS) is 26.4. The Hall–Kier alpha value is -1.39. The average molecular weight is 330 g/mol. The first-order chi connectivity index (χ1) is 11.6. The van der Waals surface area contributed by atoms with Gasteiger partial charge in [0.05, 0.1) is 5.56 Å². The Morgan fingerprint density at radius 2 is 1.88 bits per heavy atom. The number of hydrogen-bond donors (Lipinski definition) is 2. The third kappa shape index (κ3) is 4.58. The number of carboxylic acids is 1. The van der Waals surface area contributed by atoms with Gasteiger partial charge in [-0.05, 0) is 75.2 Å². The maximum absolute atomic E-state index is 11.0. The maximum atomic E-state index is 11.0. The van der Waals surface area contributed by atoms with Gasteiger partial charge >= 0.3 is 5.97 Å². The number of nitrogens with zero attached hydrogens (tertiary/aromatic N) is 1. The van der Waals surface area contributed by atoms with Crippen molar-refractivity contribution >= 4 is 5.97 Å². The lowest BCUT2D eigenvalue weighted by Gasteiger charge is -2.40. The number of benzene rings is 1. The minimum atomic E-state index is -0.854. The average Bonchev–Trinajstić information content (AvgIpc) is 2.61. The molecule has 2 N–H and O–H groups in total. The summed E-state index contributed by atoms with van der Waals surface area (Å²) in [5.41, 5.74) is 1.43. The molecule has 1 aliphatic carbocycles. The lowest BCUT2D eigenvalue weighted by molar-refractivity contribution is 0.0696. The highest BCUT2D eigenvalue weighted by Crippen LogP contribution is 2.27. The van der Waals surface area contributed by atoms with Crippen LogP contribution < -0.4 is 5.32 Å². The van der Waals surface area contributed by atoms with E-state index in [0.29, 0.717) is 11.6 Å². The van der Waals surface area contributed by atoms with E-state index in [1.165, 1.54) is 51.6 Å². The summed E-state index contributed by atoms with van der Waals surface area (Å²) in [6.07, 6.45) is 7.77. The van der Waals surface area contributed by atoms with Crippen LogP contribution in [-0.4, -0.2) is 41.1 Å². The molecule has 0 bridgehead atoms. The highest BCUT2D eigenvalue weighted by atomic mass is 16.4. The van der Waals surface area contributed by atoms with Crippen molar-refractivity contribution < 1.29 is 9.90 Å². The Kier molecular flexibility index (Phi) is 5.90. The maximum Gasteiger partial charge on any atom is 0.335 e. The van der Waals surface area contributed by atoms with Crippen LogP contribution >= 0.6 is 0 Å². The number of piperidine rings is 1. The van der Waals surface area contributed by atoms with Crippen LogP contribution in [0.2, 0.25) is 0 Å². The molecule has 4 nitrogen and oxygen atoms in total. The van der Waals surface area contributed by atoms with Crippen molar-refractivity contribution in [2.75, 3.05) is 13.1 Å². The van der Waals surface area contributed by atoms with E-state index in [0.717, 1.165) is 24.1 Å². The van der Waals surface area contributed by atoms with Crippen molar-refractivity contribution in [3.63, 3.8) is 0 Å². The molecular formula is C20H30N2O2. The molecule has 132 valence electrons. The second-order valence-corrected chi connectivity index (χ2v) is 7.61. The molecule has 24 heavy (non-hydrogen) atoms. The van der Waals surface area contributed by atoms with Gasteiger partial charge < -0.3 is 15.3 Å². The highest BCUT2D eigenvalue weighted by molar-refractivity contribution is 5.87. The van der Waals surface area contributed by atoms with E-state index in [2.05, 4.69) is 17.1 Å². The standard InChI is InChI=1S/C20H30N2O2/c1-15-9-11-22(12-10-15)19-7-5-18(6-8-19)21-14-16-3-2-4-17(13-16)20(23)24/h2-4,13,15,18-19,21H,5-12,14H2,1H3,(H,23,24). The molecule has 0 radical (unpaired) electrons. The van der Waals surface area contributed by atoms with Gasteiger partial charge in [-0.1, -0.05) is 19.1 Å². The van der Waals surface area contributed by atoms with Crippen LogP contribution in [0.5, 0.6) is 0 Å². The molecule has 2 fully saturated rings. The van der Waals surface area contributed by atoms with Crippen molar-refractivity contribution in [2.45, 2.75) is 64.1 Å². The number of carboxylic acid groups (broad SMARTS) is 1. The molecule has 0 amide bonds. The van der Waals surface area contributed by atoms with E-state index >= 15 is 0 Å². The second kappa shape index (κ2) is 8.13. The first kappa shape index (κ1) is 17.4. The zero-order valence-electron chi connectivity index (χ0n) is 14.7. The van der Waals surface area contributed by atoms with Crippen LogP contribution in [-0.2, 0) is 6.54 Å². The molecule has 1 aromatic rings. The summed E-state index contributed by atoms with van der Waals surface area (Å²) in [6, 6.07) is 8.60. The van der Waals surface area contributed by atoms with Crippen LogP contribution in [0.1, 0.15) is 61.4 Å². The summed E-state index contributed by atoms with van der Waals surface area (Å²) < 4.78 is 0. The Labute approximate surface area is 145 Å². The molecule has 0 spiro atoms. The van der Waals surface area contributed by atoms with Crippen LogP contribution in [0.15, 0.2) is 24.3 Å². The lowest BCUT2D eigenvalue weighted by Crippen LogP contribution is -2.45. The Morgan fingerprint density at radius 1 is 1.17 bits per heavy atom. The minimum Gasteiger partial charge on any atom is -0.478 e. The Balaban J connectivity index is 1.42. The monoisotopic (exact) mass is 330 g/mol. The van der Waals surface area contributed by atoms with Gasteiger partial charge in [0.15, 0.2) is 0 Å². The lowest BCUT2D eigenvalue weighted by atomic mass is 9.88. The molecule has 1 saturated carbocycles. The summed E-state index contributed by atoms with van der Waals surface area (Å²) in [6.45, 7) is 5.70. The van der Waals surface area contributed by atoms with E-state index in [1.807, 2.05) is 12.1 Å². The van der Waals surface area contributed by atoms with E-state index in [-0.39, 0.29) is 0 Å². The van der Waals surface area contributed by atoms with Gasteiger partial charge in [-0.2, -0.15) is 0 Å². The molecule has 4 heteroatoms. The number of hydrogen-bond acceptors (Lipinski definition) is 3. The zero-order valence-corrected chi connectivity index (χ0v) is 14.7. The van der Waals surface area contributed by atoms with Gasteiger partial charge in [0, 0.05) is 18.6 Å². The van der Waals surface area contributed by atoms with E-state index in [1.54, 1.807) is 12.1 Å². The van der Waals surface area contributed by atoms with Crippen molar-refractivity contribution in [1.82, 2.24) is 10.2 Å². The Morgan fingerprint density at radius 3 is 2.54 bits per heavy atom. The van der Waals surface area contributed by atoms with Gasteiger partial charge in [-0.3, -0.25) is 0 Å². The zero-order chi connectivity index (χ0) is 16.9. The number of aromatic carboxylic acids is 1. The fourth-order valence-corrected chi connectivity index (χ4v) is 4.12. The fraction of sp³-hybridized carbons (Fsp3) is 0.650. The first-order valence-electron chi connectivity index (χ1n) is 9.41. The third-order valence-electron chi connectivity index (χ3n) is 5.80. The van der Waals surface area contributed by atoms with Crippen molar-refractivity contribution in [3.8, 4) is 0 Å². The Bertz CT molecular complexity index is 544. The number of nitrogens with one attached hydrogen (secondary N) is 1. The predicted octanol–water partition coefficient (Wildman–Crippen LogP) is 3.52. The molecule has 0 atom stereocenters. The van der Waals surface area contributed by atoms with E-state index < -0.39 is 5.97 Å². The summed E-state index contributed by atoms with van der Waals surface area (Å²) in [5.74, 6) is 0.0500. The predicted molar refractivity (Wildman–Crippen MR) is 96.3 cm³/mol. The molecular weight excluding hydrogens is 300 g/mol. The topological polar surface area (TPSA) is 52.6 Å². The van der Waals surface area contributed by atoms with Gasteiger partial charge in [0.25, 0.3) is 0 Å². The summed E-state index contributed by atoms with van der Waals surface area (Å²) in [7, 11) is 0. The molecule has 0 unspecified atom stereocenters. The van der Waals surface area contributed by atoms with E-state index in [4.69, 9.17) is 5.11 Å². The molecule has 1 heterocycles. The molecule has 3 rings (SSSR count). The van der Waals surface area contributed by atoms with Crippen molar-refractivity contribution in [1.29, 1.82) is 0 Å². The molecule has 1 saturated heterocycles. The van der Waals surface area contributed by atoms with Crippen LogP contribution in [0.25, 0.3) is 0 Å². The number of likely N-dealkylation sites (tertiary alicyclic amines) is 1. The third-order valence-corrected chi connectivity index (χ3v) is 5.80. The largest absolute Gasteiger partial charge is 0.478 e. The van der Waals surface area contributed by atoms with E-state index in [9.17, 15) is 4.79 Å². The van der Waals surface area contributed by atoms with Gasteiger partial charge in [-0.25, -0.2) is 4.79 Å². The second-order valence-electron chi connectivity index (χ2n) is 7.61. The minimum absolute atomic E-state index is 0.373. The number of carbonyl (C=O) groups is 1. The van der Waals surface area contributed by atoms with Gasteiger partial charge in [-0.15, -0.1) is 0 Å². The summed E-state index contributed by atoms with van der Waals surface area (Å²) in [4.78, 5) is 13.8. The van der Waals surface area contributed by atoms with Crippen LogP contribution in [0.3, 0.4) is 0 Å². The number of rotatable bonds is 5. The summed E-state index contributed by atoms with van der Waals surface area (Å²) >= 11 is 0. The summed E-state index contributed by atoms with van der Waals surface area (Å²) in [5, 5.41) is 12.7.